The number of nitrogens with one attached hydrogen (secondary N) is 1. The Bertz CT molecular complexity index is 479. The number of aromatic nitrogens is 1. The van der Waals surface area contributed by atoms with Crippen LogP contribution in [0.1, 0.15) is 13.3 Å². The van der Waals surface area contributed by atoms with Crippen LogP contribution < -0.4 is 16.8 Å². The molecule has 104 valence electrons. The highest BCUT2D eigenvalue weighted by Crippen LogP contribution is 2.27. The summed E-state index contributed by atoms with van der Waals surface area (Å²) in [5, 5.41) is 13.7. The molecule has 2 rings (SSSR count). The Morgan fingerprint density at radius 1 is 1.63 bits per heavy atom. The molecule has 1 saturated carbocycles. The Kier molecular flexibility index (Phi) is 3.82. The maximum atomic E-state index is 10.6. The van der Waals surface area contributed by atoms with Crippen LogP contribution in [-0.2, 0) is 4.74 Å². The average molecular weight is 267 g/mol. The summed E-state index contributed by atoms with van der Waals surface area (Å²) in [5.41, 5.74) is 11.2. The van der Waals surface area contributed by atoms with Crippen molar-refractivity contribution in [2.24, 2.45) is 5.73 Å². The fourth-order valence-electron chi connectivity index (χ4n) is 2.10. The van der Waals surface area contributed by atoms with Crippen LogP contribution in [-0.4, -0.2) is 34.7 Å². The second kappa shape index (κ2) is 5.37. The molecule has 8 nitrogen and oxygen atoms in total. The maximum absolute atomic E-state index is 10.6. The van der Waals surface area contributed by atoms with Crippen LogP contribution in [0, 0.1) is 10.1 Å². The zero-order valence-electron chi connectivity index (χ0n) is 10.6. The van der Waals surface area contributed by atoms with Crippen molar-refractivity contribution in [2.75, 3.05) is 17.7 Å². The number of anilines is 2. The summed E-state index contributed by atoms with van der Waals surface area (Å²) in [6, 6.07) is 2.77. The first-order chi connectivity index (χ1) is 9.02. The molecule has 3 unspecified atom stereocenters. The van der Waals surface area contributed by atoms with Gasteiger partial charge in [0.2, 0.25) is 5.82 Å². The van der Waals surface area contributed by atoms with E-state index in [0.29, 0.717) is 12.4 Å². The van der Waals surface area contributed by atoms with Gasteiger partial charge in [-0.1, -0.05) is 0 Å². The lowest BCUT2D eigenvalue weighted by Crippen LogP contribution is -2.60. The summed E-state index contributed by atoms with van der Waals surface area (Å²) in [7, 11) is 0. The van der Waals surface area contributed by atoms with Crippen molar-refractivity contribution >= 4 is 17.3 Å². The number of ether oxygens (including phenoxy) is 1. The lowest BCUT2D eigenvalue weighted by Gasteiger charge is -2.42. The van der Waals surface area contributed by atoms with Gasteiger partial charge in [-0.05, 0) is 19.4 Å². The second-order valence-corrected chi connectivity index (χ2v) is 4.42. The van der Waals surface area contributed by atoms with E-state index in [1.54, 1.807) is 0 Å². The molecule has 0 bridgehead atoms. The minimum atomic E-state index is -0.565. The van der Waals surface area contributed by atoms with Crippen molar-refractivity contribution in [2.45, 2.75) is 31.5 Å². The van der Waals surface area contributed by atoms with E-state index < -0.39 is 4.92 Å². The molecule has 1 aliphatic rings. The van der Waals surface area contributed by atoms with E-state index in [1.807, 2.05) is 6.92 Å². The summed E-state index contributed by atoms with van der Waals surface area (Å²) < 4.78 is 5.52. The SMILES string of the molecule is CCOC1CC(N)C1Nc1ccc([N+](=O)[O-])c(N)n1. The number of nitro groups is 1. The third kappa shape index (κ3) is 2.74. The van der Waals surface area contributed by atoms with E-state index in [-0.39, 0.29) is 29.7 Å². The highest BCUT2D eigenvalue weighted by Gasteiger charge is 2.39. The summed E-state index contributed by atoms with van der Waals surface area (Å²) in [6.07, 6.45) is 0.826. The molecule has 1 aromatic rings. The van der Waals surface area contributed by atoms with Gasteiger partial charge in [0.1, 0.15) is 5.82 Å². The minimum absolute atomic E-state index is 0.0187. The number of rotatable bonds is 5. The molecule has 8 heteroatoms. The molecule has 0 radical (unpaired) electrons. The fraction of sp³-hybridized carbons (Fsp3) is 0.545. The Morgan fingerprint density at radius 3 is 2.89 bits per heavy atom. The standard InChI is InChI=1S/C11H17N5O3/c1-2-19-8-5-6(12)10(8)14-9-4-3-7(16(17)18)11(13)15-9/h3-4,6,8,10H,2,5,12H2,1H3,(H3,13,14,15). The van der Waals surface area contributed by atoms with Crippen LogP contribution in [0.5, 0.6) is 0 Å². The fourth-order valence-corrected chi connectivity index (χ4v) is 2.10. The van der Waals surface area contributed by atoms with Crippen molar-refractivity contribution in [1.29, 1.82) is 0 Å². The van der Waals surface area contributed by atoms with Crippen molar-refractivity contribution < 1.29 is 9.66 Å². The van der Waals surface area contributed by atoms with Gasteiger partial charge in [-0.2, -0.15) is 0 Å². The van der Waals surface area contributed by atoms with E-state index in [0.717, 1.165) is 6.42 Å². The van der Waals surface area contributed by atoms with Crippen LogP contribution >= 0.6 is 0 Å². The van der Waals surface area contributed by atoms with E-state index in [2.05, 4.69) is 10.3 Å². The lowest BCUT2D eigenvalue weighted by molar-refractivity contribution is -0.384. The Hall–Kier alpha value is -1.93. The van der Waals surface area contributed by atoms with Crippen LogP contribution in [0.4, 0.5) is 17.3 Å². The summed E-state index contributed by atoms with van der Waals surface area (Å²) in [5.74, 6) is 0.351. The molecule has 0 saturated heterocycles. The van der Waals surface area contributed by atoms with Gasteiger partial charge in [0, 0.05) is 18.7 Å². The third-order valence-electron chi connectivity index (χ3n) is 3.16. The summed E-state index contributed by atoms with van der Waals surface area (Å²) >= 11 is 0. The largest absolute Gasteiger partial charge is 0.378 e. The molecule has 5 N–H and O–H groups in total. The monoisotopic (exact) mass is 267 g/mol. The average Bonchev–Trinajstić information content (AvgIpc) is 2.35. The maximum Gasteiger partial charge on any atom is 0.311 e. The van der Waals surface area contributed by atoms with E-state index in [1.165, 1.54) is 12.1 Å². The highest BCUT2D eigenvalue weighted by atomic mass is 16.6. The van der Waals surface area contributed by atoms with Crippen molar-refractivity contribution in [3.63, 3.8) is 0 Å². The molecule has 0 aromatic carbocycles. The van der Waals surface area contributed by atoms with Gasteiger partial charge in [-0.3, -0.25) is 10.1 Å². The molecule has 0 amide bonds. The van der Waals surface area contributed by atoms with Crippen LogP contribution in [0.15, 0.2) is 12.1 Å². The zero-order valence-corrected chi connectivity index (χ0v) is 10.6. The van der Waals surface area contributed by atoms with Gasteiger partial charge in [-0.25, -0.2) is 4.98 Å². The van der Waals surface area contributed by atoms with Gasteiger partial charge >= 0.3 is 5.69 Å². The van der Waals surface area contributed by atoms with E-state index in [4.69, 9.17) is 16.2 Å². The first kappa shape index (κ1) is 13.5. The van der Waals surface area contributed by atoms with Gasteiger partial charge in [0.15, 0.2) is 0 Å². The predicted octanol–water partition coefficient (Wildman–Crippen LogP) is 0.489. The van der Waals surface area contributed by atoms with E-state index in [9.17, 15) is 10.1 Å². The molecule has 1 aromatic heterocycles. The molecule has 1 aliphatic carbocycles. The van der Waals surface area contributed by atoms with Gasteiger partial charge in [0.25, 0.3) is 0 Å². The number of pyridine rings is 1. The second-order valence-electron chi connectivity index (χ2n) is 4.42. The molecule has 0 aliphatic heterocycles. The van der Waals surface area contributed by atoms with Crippen molar-refractivity contribution in [1.82, 2.24) is 4.98 Å². The van der Waals surface area contributed by atoms with Crippen LogP contribution in [0.25, 0.3) is 0 Å². The topological polar surface area (TPSA) is 129 Å². The van der Waals surface area contributed by atoms with Gasteiger partial charge in [0.05, 0.1) is 17.1 Å². The van der Waals surface area contributed by atoms with E-state index >= 15 is 0 Å². The first-order valence-electron chi connectivity index (χ1n) is 6.07. The molecule has 1 heterocycles. The zero-order chi connectivity index (χ0) is 14.0. The molecule has 0 spiro atoms. The number of hydrogen-bond acceptors (Lipinski definition) is 7. The van der Waals surface area contributed by atoms with Gasteiger partial charge in [-0.15, -0.1) is 0 Å². The minimum Gasteiger partial charge on any atom is -0.378 e. The van der Waals surface area contributed by atoms with Crippen LogP contribution in [0.2, 0.25) is 0 Å². The van der Waals surface area contributed by atoms with Gasteiger partial charge < -0.3 is 21.5 Å². The lowest BCUT2D eigenvalue weighted by atomic mass is 9.83. The smallest absolute Gasteiger partial charge is 0.311 e. The molecular formula is C11H17N5O3. The Balaban J connectivity index is 2.07. The van der Waals surface area contributed by atoms with Crippen LogP contribution in [0.3, 0.4) is 0 Å². The molecule has 3 atom stereocenters. The van der Waals surface area contributed by atoms with Crippen molar-refractivity contribution in [3.8, 4) is 0 Å². The predicted molar refractivity (Wildman–Crippen MR) is 70.7 cm³/mol. The molecular weight excluding hydrogens is 250 g/mol. The number of nitrogens with zero attached hydrogens (tertiary/aromatic N) is 2. The number of nitrogens with two attached hydrogens (primary N) is 2. The Labute approximate surface area is 110 Å². The number of nitrogen functional groups attached to an aromatic ring is 1. The quantitative estimate of drug-likeness (QED) is 0.522. The summed E-state index contributed by atoms with van der Waals surface area (Å²) in [4.78, 5) is 14.0. The first-order valence-corrected chi connectivity index (χ1v) is 6.07. The summed E-state index contributed by atoms with van der Waals surface area (Å²) in [6.45, 7) is 2.54. The highest BCUT2D eigenvalue weighted by molar-refractivity contribution is 5.57. The molecule has 19 heavy (non-hydrogen) atoms. The molecule has 1 fully saturated rings. The number of hydrogen-bond donors (Lipinski definition) is 3. The third-order valence-corrected chi connectivity index (χ3v) is 3.16. The van der Waals surface area contributed by atoms with Crippen molar-refractivity contribution in [3.05, 3.63) is 22.2 Å². The normalized spacial score (nSPS) is 25.7. The Morgan fingerprint density at radius 2 is 2.37 bits per heavy atom.